The minimum absolute atomic E-state index is 0.122. The summed E-state index contributed by atoms with van der Waals surface area (Å²) in [6.07, 6.45) is 0.967. The van der Waals surface area contributed by atoms with Crippen LogP contribution in [-0.4, -0.2) is 54.3 Å². The number of Topliss-reactive ketones (excluding diaryl/α,β-unsaturated/α-hetero) is 1. The summed E-state index contributed by atoms with van der Waals surface area (Å²) in [6.45, 7) is 5.06. The molecule has 0 aromatic heterocycles. The molecule has 0 spiro atoms. The Kier molecular flexibility index (Phi) is 6.48. The summed E-state index contributed by atoms with van der Waals surface area (Å²) in [5, 5.41) is 3.51. The highest BCUT2D eigenvalue weighted by atomic mass is 35.5. The van der Waals surface area contributed by atoms with Gasteiger partial charge >= 0.3 is 6.03 Å². The van der Waals surface area contributed by atoms with Gasteiger partial charge < -0.3 is 10.2 Å². The molecule has 3 rings (SSSR count). The Hall–Kier alpha value is -2.37. The Labute approximate surface area is 164 Å². The van der Waals surface area contributed by atoms with Crippen LogP contribution < -0.4 is 5.32 Å². The van der Waals surface area contributed by atoms with Crippen LogP contribution in [0.2, 0.25) is 5.02 Å². The fourth-order valence-corrected chi connectivity index (χ4v) is 3.19. The number of halogens is 1. The second-order valence-corrected chi connectivity index (χ2v) is 7.11. The number of nitrogens with one attached hydrogen (secondary N) is 1. The van der Waals surface area contributed by atoms with Crippen molar-refractivity contribution >= 4 is 29.1 Å². The van der Waals surface area contributed by atoms with Crippen LogP contribution in [0.4, 0.5) is 10.5 Å². The first-order valence-corrected chi connectivity index (χ1v) is 9.59. The molecule has 1 aliphatic rings. The summed E-state index contributed by atoms with van der Waals surface area (Å²) in [7, 11) is 0. The number of urea groups is 1. The largest absolute Gasteiger partial charge is 0.322 e. The molecule has 1 heterocycles. The third-order valence-corrected chi connectivity index (χ3v) is 5.06. The molecule has 2 aromatic rings. The molecular formula is C21H24ClN3O2. The first kappa shape index (κ1) is 19.4. The lowest BCUT2D eigenvalue weighted by Crippen LogP contribution is -2.51. The van der Waals surface area contributed by atoms with Crippen molar-refractivity contribution in [2.45, 2.75) is 13.3 Å². The van der Waals surface area contributed by atoms with Crippen LogP contribution in [-0.2, 0) is 6.42 Å². The zero-order chi connectivity index (χ0) is 19.2. The number of amides is 2. The number of benzene rings is 2. The Morgan fingerprint density at radius 3 is 2.19 bits per heavy atom. The van der Waals surface area contributed by atoms with Gasteiger partial charge in [-0.1, -0.05) is 42.8 Å². The maximum atomic E-state index is 12.5. The average molecular weight is 386 g/mol. The summed E-state index contributed by atoms with van der Waals surface area (Å²) in [4.78, 5) is 28.7. The number of carbonyl (C=O) groups is 2. The zero-order valence-corrected chi connectivity index (χ0v) is 16.2. The van der Waals surface area contributed by atoms with Gasteiger partial charge in [0.2, 0.25) is 0 Å². The molecule has 5 nitrogen and oxygen atoms in total. The van der Waals surface area contributed by atoms with Crippen LogP contribution in [0.15, 0.2) is 48.5 Å². The third-order valence-electron chi connectivity index (χ3n) is 4.81. The van der Waals surface area contributed by atoms with Crippen molar-refractivity contribution in [1.82, 2.24) is 9.80 Å². The van der Waals surface area contributed by atoms with E-state index in [0.29, 0.717) is 37.7 Å². The SMILES string of the molecule is CCc1ccc(C(=O)CN2CCN(C(=O)Nc3ccc(Cl)cc3)CC2)cc1. The Bertz CT molecular complexity index is 782. The van der Waals surface area contributed by atoms with E-state index in [1.807, 2.05) is 24.3 Å². The predicted molar refractivity (Wildman–Crippen MR) is 109 cm³/mol. The molecule has 0 aliphatic carbocycles. The van der Waals surface area contributed by atoms with Crippen LogP contribution in [0.1, 0.15) is 22.8 Å². The Morgan fingerprint density at radius 2 is 1.59 bits per heavy atom. The first-order valence-electron chi connectivity index (χ1n) is 9.21. The minimum Gasteiger partial charge on any atom is -0.322 e. The van der Waals surface area contributed by atoms with Gasteiger partial charge in [-0.05, 0) is 36.2 Å². The van der Waals surface area contributed by atoms with Crippen molar-refractivity contribution in [2.75, 3.05) is 38.0 Å². The van der Waals surface area contributed by atoms with Gasteiger partial charge in [0, 0.05) is 42.5 Å². The van der Waals surface area contributed by atoms with E-state index in [2.05, 4.69) is 17.1 Å². The van der Waals surface area contributed by atoms with Crippen LogP contribution in [0.3, 0.4) is 0 Å². The Balaban J connectivity index is 1.47. The molecule has 1 N–H and O–H groups in total. The first-order chi connectivity index (χ1) is 13.0. The molecular weight excluding hydrogens is 362 g/mol. The van der Waals surface area contributed by atoms with Gasteiger partial charge in [0.25, 0.3) is 0 Å². The minimum atomic E-state index is -0.126. The number of ketones is 1. The van der Waals surface area contributed by atoms with Crippen molar-refractivity contribution in [3.8, 4) is 0 Å². The van der Waals surface area contributed by atoms with E-state index in [1.54, 1.807) is 29.2 Å². The van der Waals surface area contributed by atoms with Crippen molar-refractivity contribution in [2.24, 2.45) is 0 Å². The van der Waals surface area contributed by atoms with E-state index in [9.17, 15) is 9.59 Å². The van der Waals surface area contributed by atoms with Gasteiger partial charge in [0.05, 0.1) is 6.54 Å². The van der Waals surface area contributed by atoms with E-state index >= 15 is 0 Å². The van der Waals surface area contributed by atoms with Crippen molar-refractivity contribution < 1.29 is 9.59 Å². The maximum Gasteiger partial charge on any atom is 0.321 e. The lowest BCUT2D eigenvalue weighted by molar-refractivity contribution is 0.0884. The third kappa shape index (κ3) is 5.31. The van der Waals surface area contributed by atoms with Gasteiger partial charge in [-0.25, -0.2) is 4.79 Å². The average Bonchev–Trinajstić information content (AvgIpc) is 2.70. The molecule has 0 atom stereocenters. The smallest absolute Gasteiger partial charge is 0.321 e. The second-order valence-electron chi connectivity index (χ2n) is 6.67. The molecule has 1 aliphatic heterocycles. The number of rotatable bonds is 5. The van der Waals surface area contributed by atoms with Crippen LogP contribution in [0.25, 0.3) is 0 Å². The number of anilines is 1. The van der Waals surface area contributed by atoms with Crippen LogP contribution in [0, 0.1) is 0 Å². The molecule has 1 fully saturated rings. The molecule has 2 aromatic carbocycles. The van der Waals surface area contributed by atoms with E-state index in [4.69, 9.17) is 11.6 Å². The highest BCUT2D eigenvalue weighted by molar-refractivity contribution is 6.30. The molecule has 2 amide bonds. The molecule has 0 saturated carbocycles. The van der Waals surface area contributed by atoms with Gasteiger partial charge in [0.1, 0.15) is 0 Å². The molecule has 6 heteroatoms. The lowest BCUT2D eigenvalue weighted by atomic mass is 10.1. The van der Waals surface area contributed by atoms with E-state index in [-0.39, 0.29) is 11.8 Å². The molecule has 27 heavy (non-hydrogen) atoms. The maximum absolute atomic E-state index is 12.5. The number of carbonyl (C=O) groups excluding carboxylic acids is 2. The zero-order valence-electron chi connectivity index (χ0n) is 15.5. The molecule has 0 bridgehead atoms. The highest BCUT2D eigenvalue weighted by Crippen LogP contribution is 2.15. The van der Waals surface area contributed by atoms with Gasteiger partial charge in [-0.3, -0.25) is 9.69 Å². The lowest BCUT2D eigenvalue weighted by Gasteiger charge is -2.34. The fraction of sp³-hybridized carbons (Fsp3) is 0.333. The molecule has 1 saturated heterocycles. The number of hydrogen-bond donors (Lipinski definition) is 1. The fourth-order valence-electron chi connectivity index (χ4n) is 3.07. The van der Waals surface area contributed by atoms with Crippen molar-refractivity contribution in [3.63, 3.8) is 0 Å². The van der Waals surface area contributed by atoms with Gasteiger partial charge in [0.15, 0.2) is 5.78 Å². The van der Waals surface area contributed by atoms with Crippen LogP contribution >= 0.6 is 11.6 Å². The molecule has 0 radical (unpaired) electrons. The number of piperazine rings is 1. The molecule has 0 unspecified atom stereocenters. The standard InChI is InChI=1S/C21H24ClN3O2/c1-2-16-3-5-17(6-4-16)20(26)15-24-11-13-25(14-12-24)21(27)23-19-9-7-18(22)8-10-19/h3-10H,2,11-15H2,1H3,(H,23,27). The molecule has 142 valence electrons. The van der Waals surface area contributed by atoms with Crippen molar-refractivity contribution in [3.05, 3.63) is 64.7 Å². The Morgan fingerprint density at radius 1 is 0.963 bits per heavy atom. The predicted octanol–water partition coefficient (Wildman–Crippen LogP) is 3.93. The van der Waals surface area contributed by atoms with E-state index in [1.165, 1.54) is 5.56 Å². The topological polar surface area (TPSA) is 52.7 Å². The van der Waals surface area contributed by atoms with Crippen molar-refractivity contribution in [1.29, 1.82) is 0 Å². The summed E-state index contributed by atoms with van der Waals surface area (Å²) in [5.74, 6) is 0.122. The summed E-state index contributed by atoms with van der Waals surface area (Å²) >= 11 is 5.86. The quantitative estimate of drug-likeness (QED) is 0.793. The second kappa shape index (κ2) is 9.02. The summed E-state index contributed by atoms with van der Waals surface area (Å²) in [6, 6.07) is 14.7. The van der Waals surface area contributed by atoms with E-state index in [0.717, 1.165) is 17.7 Å². The summed E-state index contributed by atoms with van der Waals surface area (Å²) in [5.41, 5.74) is 2.69. The number of hydrogen-bond acceptors (Lipinski definition) is 3. The number of nitrogens with zero attached hydrogens (tertiary/aromatic N) is 2. The van der Waals surface area contributed by atoms with E-state index < -0.39 is 0 Å². The number of aryl methyl sites for hydroxylation is 1. The van der Waals surface area contributed by atoms with Gasteiger partial charge in [-0.2, -0.15) is 0 Å². The normalized spacial score (nSPS) is 14.8. The van der Waals surface area contributed by atoms with Crippen LogP contribution in [0.5, 0.6) is 0 Å². The van der Waals surface area contributed by atoms with Gasteiger partial charge in [-0.15, -0.1) is 0 Å². The highest BCUT2D eigenvalue weighted by Gasteiger charge is 2.22. The monoisotopic (exact) mass is 385 g/mol. The summed E-state index contributed by atoms with van der Waals surface area (Å²) < 4.78 is 0.